The smallest absolute Gasteiger partial charge is 0.143 e. The van der Waals surface area contributed by atoms with Crippen LogP contribution < -0.4 is 10.5 Å². The molecule has 0 saturated heterocycles. The lowest BCUT2D eigenvalue weighted by Crippen LogP contribution is -2.34. The molecule has 0 amide bonds. The van der Waals surface area contributed by atoms with Crippen LogP contribution in [-0.2, 0) is 6.54 Å². The van der Waals surface area contributed by atoms with Crippen molar-refractivity contribution in [3.05, 3.63) is 53.9 Å². The molecule has 3 aromatic rings. The van der Waals surface area contributed by atoms with Crippen LogP contribution >= 0.6 is 0 Å². The SMILES string of the molecule is Cc1ncnc2c1ccn2C1C[C@@H](Oc2ccc(F)cc2CN)[C@@H](O)[C@H]1O. The third-order valence-electron chi connectivity index (χ3n) is 5.19. The number of nitrogens with zero attached hydrogens (tertiary/aromatic N) is 3. The summed E-state index contributed by atoms with van der Waals surface area (Å²) in [6.07, 6.45) is 0.913. The fourth-order valence-corrected chi connectivity index (χ4v) is 3.71. The van der Waals surface area contributed by atoms with Crippen LogP contribution in [0.25, 0.3) is 11.0 Å². The monoisotopic (exact) mass is 372 g/mol. The van der Waals surface area contributed by atoms with Crippen LogP contribution in [0.15, 0.2) is 36.8 Å². The Morgan fingerprint density at radius 2 is 2.07 bits per heavy atom. The first-order chi connectivity index (χ1) is 13.0. The van der Waals surface area contributed by atoms with E-state index in [2.05, 4.69) is 9.97 Å². The third kappa shape index (κ3) is 3.05. The number of halogens is 1. The molecule has 0 radical (unpaired) electrons. The molecule has 2 heterocycles. The highest BCUT2D eigenvalue weighted by Gasteiger charge is 2.44. The molecule has 0 bridgehead atoms. The molecule has 4 rings (SSSR count). The molecule has 1 saturated carbocycles. The number of aromatic nitrogens is 3. The number of aryl methyl sites for hydroxylation is 1. The zero-order chi connectivity index (χ0) is 19.1. The predicted octanol–water partition coefficient (Wildman–Crippen LogP) is 1.45. The molecular formula is C19H21FN4O3. The molecule has 1 fully saturated rings. The number of nitrogens with two attached hydrogens (primary N) is 1. The van der Waals surface area contributed by atoms with E-state index in [1.807, 2.05) is 23.8 Å². The van der Waals surface area contributed by atoms with Gasteiger partial charge in [0, 0.05) is 30.1 Å². The summed E-state index contributed by atoms with van der Waals surface area (Å²) in [4.78, 5) is 8.49. The minimum atomic E-state index is -1.09. The highest BCUT2D eigenvalue weighted by molar-refractivity contribution is 5.78. The highest BCUT2D eigenvalue weighted by atomic mass is 19.1. The molecule has 27 heavy (non-hydrogen) atoms. The van der Waals surface area contributed by atoms with Crippen LogP contribution in [0.3, 0.4) is 0 Å². The van der Waals surface area contributed by atoms with Gasteiger partial charge in [-0.05, 0) is 31.2 Å². The molecule has 4 N–H and O–H groups in total. The van der Waals surface area contributed by atoms with Crippen molar-refractivity contribution in [2.45, 2.75) is 44.2 Å². The lowest BCUT2D eigenvalue weighted by atomic mass is 10.2. The number of rotatable bonds is 4. The summed E-state index contributed by atoms with van der Waals surface area (Å²) in [5.41, 5.74) is 7.71. The molecular weight excluding hydrogens is 351 g/mol. The number of ether oxygens (including phenoxy) is 1. The molecule has 1 aromatic carbocycles. The maximum atomic E-state index is 13.4. The van der Waals surface area contributed by atoms with E-state index in [-0.39, 0.29) is 6.54 Å². The topological polar surface area (TPSA) is 106 Å². The average Bonchev–Trinajstić information content (AvgIpc) is 3.20. The van der Waals surface area contributed by atoms with E-state index in [0.29, 0.717) is 23.4 Å². The van der Waals surface area contributed by atoms with Gasteiger partial charge >= 0.3 is 0 Å². The molecule has 1 aliphatic carbocycles. The van der Waals surface area contributed by atoms with Crippen LogP contribution in [0.4, 0.5) is 4.39 Å². The van der Waals surface area contributed by atoms with Gasteiger partial charge in [0.05, 0.1) is 11.7 Å². The van der Waals surface area contributed by atoms with Gasteiger partial charge in [0.15, 0.2) is 0 Å². The molecule has 0 spiro atoms. The van der Waals surface area contributed by atoms with Crippen LogP contribution in [0.1, 0.15) is 23.7 Å². The molecule has 1 aliphatic rings. The van der Waals surface area contributed by atoms with E-state index in [4.69, 9.17) is 10.5 Å². The number of benzene rings is 1. The molecule has 0 aliphatic heterocycles. The molecule has 1 unspecified atom stereocenters. The van der Waals surface area contributed by atoms with Crippen LogP contribution in [0.2, 0.25) is 0 Å². The second-order valence-corrected chi connectivity index (χ2v) is 6.82. The summed E-state index contributed by atoms with van der Waals surface area (Å²) in [6.45, 7) is 2.00. The van der Waals surface area contributed by atoms with Gasteiger partial charge in [-0.1, -0.05) is 0 Å². The van der Waals surface area contributed by atoms with Crippen molar-refractivity contribution in [2.75, 3.05) is 0 Å². The maximum Gasteiger partial charge on any atom is 0.143 e. The summed E-state index contributed by atoms with van der Waals surface area (Å²) in [7, 11) is 0. The summed E-state index contributed by atoms with van der Waals surface area (Å²) < 4.78 is 21.1. The lowest BCUT2D eigenvalue weighted by molar-refractivity contribution is -0.0166. The zero-order valence-electron chi connectivity index (χ0n) is 14.8. The first-order valence-corrected chi connectivity index (χ1v) is 8.79. The second-order valence-electron chi connectivity index (χ2n) is 6.82. The quantitative estimate of drug-likeness (QED) is 0.640. The molecule has 7 nitrogen and oxygen atoms in total. The summed E-state index contributed by atoms with van der Waals surface area (Å²) >= 11 is 0. The first-order valence-electron chi connectivity index (χ1n) is 8.79. The molecule has 4 atom stereocenters. The Morgan fingerprint density at radius 3 is 2.85 bits per heavy atom. The van der Waals surface area contributed by atoms with Crippen molar-refractivity contribution in [1.29, 1.82) is 0 Å². The summed E-state index contributed by atoms with van der Waals surface area (Å²) in [5.74, 6) is 0.00730. The Morgan fingerprint density at radius 1 is 1.26 bits per heavy atom. The van der Waals surface area contributed by atoms with E-state index in [1.165, 1.54) is 24.5 Å². The number of hydrogen-bond acceptors (Lipinski definition) is 6. The lowest BCUT2D eigenvalue weighted by Gasteiger charge is -2.20. The third-order valence-corrected chi connectivity index (χ3v) is 5.19. The van der Waals surface area contributed by atoms with Gasteiger partial charge in [-0.3, -0.25) is 0 Å². The van der Waals surface area contributed by atoms with Gasteiger partial charge < -0.3 is 25.3 Å². The Kier molecular flexibility index (Phi) is 4.55. The standard InChI is InChI=1S/C19H21FN4O3/c1-10-13-4-5-24(19(13)23-9-22-10)14-7-16(18(26)17(14)25)27-15-3-2-12(20)6-11(15)8-21/h2-6,9,14,16-18,25-26H,7-8,21H2,1H3/t14?,16-,17+,18-/m1/s1. The van der Waals surface area contributed by atoms with Crippen LogP contribution in [-0.4, -0.2) is 43.1 Å². The minimum absolute atomic E-state index is 0.111. The summed E-state index contributed by atoms with van der Waals surface area (Å²) in [5, 5.41) is 22.0. The fourth-order valence-electron chi connectivity index (χ4n) is 3.71. The van der Waals surface area contributed by atoms with Crippen LogP contribution in [0.5, 0.6) is 5.75 Å². The van der Waals surface area contributed by atoms with Crippen molar-refractivity contribution in [1.82, 2.24) is 14.5 Å². The Labute approximate surface area is 155 Å². The van der Waals surface area contributed by atoms with E-state index < -0.39 is 30.2 Å². The van der Waals surface area contributed by atoms with Crippen molar-refractivity contribution in [2.24, 2.45) is 5.73 Å². The van der Waals surface area contributed by atoms with E-state index in [1.54, 1.807) is 0 Å². The average molecular weight is 372 g/mol. The number of aliphatic hydroxyl groups excluding tert-OH is 2. The minimum Gasteiger partial charge on any atom is -0.487 e. The maximum absolute atomic E-state index is 13.4. The Hall–Kier alpha value is -2.55. The van der Waals surface area contributed by atoms with Gasteiger partial charge in [-0.25, -0.2) is 14.4 Å². The highest BCUT2D eigenvalue weighted by Crippen LogP contribution is 2.36. The number of hydrogen-bond donors (Lipinski definition) is 3. The van der Waals surface area contributed by atoms with Crippen LogP contribution in [0, 0.1) is 12.7 Å². The van der Waals surface area contributed by atoms with Crippen molar-refractivity contribution >= 4 is 11.0 Å². The van der Waals surface area contributed by atoms with Crippen molar-refractivity contribution in [3.8, 4) is 5.75 Å². The first kappa shape index (κ1) is 17.8. The number of aliphatic hydroxyl groups is 2. The zero-order valence-corrected chi connectivity index (χ0v) is 14.8. The van der Waals surface area contributed by atoms with Crippen molar-refractivity contribution < 1.29 is 19.3 Å². The molecule has 8 heteroatoms. The van der Waals surface area contributed by atoms with Crippen molar-refractivity contribution in [3.63, 3.8) is 0 Å². The molecule has 2 aromatic heterocycles. The van der Waals surface area contributed by atoms with Gasteiger partial charge in [-0.2, -0.15) is 0 Å². The second kappa shape index (κ2) is 6.88. The number of fused-ring (bicyclic) bond motifs is 1. The van der Waals surface area contributed by atoms with E-state index in [9.17, 15) is 14.6 Å². The van der Waals surface area contributed by atoms with Gasteiger partial charge in [0.2, 0.25) is 0 Å². The Bertz CT molecular complexity index is 977. The van der Waals surface area contributed by atoms with Gasteiger partial charge in [-0.15, -0.1) is 0 Å². The van der Waals surface area contributed by atoms with Gasteiger partial charge in [0.1, 0.15) is 41.9 Å². The summed E-state index contributed by atoms with van der Waals surface area (Å²) in [6, 6.07) is 5.57. The van der Waals surface area contributed by atoms with E-state index >= 15 is 0 Å². The molecule has 142 valence electrons. The van der Waals surface area contributed by atoms with E-state index in [0.717, 1.165) is 11.1 Å². The fraction of sp³-hybridized carbons (Fsp3) is 0.368. The largest absolute Gasteiger partial charge is 0.487 e. The normalized spacial score (nSPS) is 25.2. The van der Waals surface area contributed by atoms with Gasteiger partial charge in [0.25, 0.3) is 0 Å². The predicted molar refractivity (Wildman–Crippen MR) is 96.6 cm³/mol. The Balaban J connectivity index is 1.62.